The molecule has 0 aliphatic heterocycles. The lowest BCUT2D eigenvalue weighted by molar-refractivity contribution is 0.0428. The van der Waals surface area contributed by atoms with Gasteiger partial charge in [-0.15, -0.1) is 0 Å². The lowest BCUT2D eigenvalue weighted by atomic mass is 9.83. The first kappa shape index (κ1) is 40.5. The SMILES string of the molecule is COc1cc2nn([C@H]3CCC[C@@H](O)[C@H]3C)cc2cc1C(=O)Nc1cnc2cccnn12.COc1cc2nn([C@H]3CCC[C@@H](O)[C@H]3C)cc2cc1C(=O)Nc1cnc2cccnn12. The van der Waals surface area contributed by atoms with Crippen molar-refractivity contribution >= 4 is 56.6 Å². The molecule has 0 spiro atoms. The number of benzene rings is 2. The number of anilines is 2. The summed E-state index contributed by atoms with van der Waals surface area (Å²) in [4.78, 5) is 34.6. The summed E-state index contributed by atoms with van der Waals surface area (Å²) in [6, 6.07) is 14.6. The van der Waals surface area contributed by atoms with Crippen LogP contribution in [0, 0.1) is 11.8 Å². The van der Waals surface area contributed by atoms with Crippen LogP contribution in [0.2, 0.25) is 0 Å². The molecule has 10 rings (SSSR count). The Morgan fingerprint density at radius 3 is 1.52 bits per heavy atom. The molecular formula is C44H48N12O6. The predicted molar refractivity (Wildman–Crippen MR) is 231 cm³/mol. The Bertz CT molecular complexity index is 2720. The van der Waals surface area contributed by atoms with E-state index in [-0.39, 0.29) is 47.9 Å². The largest absolute Gasteiger partial charge is 0.496 e. The quantitative estimate of drug-likeness (QED) is 0.136. The number of nitrogens with zero attached hydrogens (tertiary/aromatic N) is 10. The number of aromatic nitrogens is 10. The molecule has 0 saturated heterocycles. The van der Waals surface area contributed by atoms with Crippen molar-refractivity contribution in [3.8, 4) is 11.5 Å². The fraction of sp³-hybridized carbons (Fsp3) is 0.364. The maximum atomic E-state index is 13.1. The highest BCUT2D eigenvalue weighted by atomic mass is 16.5. The van der Waals surface area contributed by atoms with Crippen LogP contribution in [0.25, 0.3) is 33.1 Å². The first-order valence-electron chi connectivity index (χ1n) is 20.8. The van der Waals surface area contributed by atoms with E-state index in [1.165, 1.54) is 14.2 Å². The van der Waals surface area contributed by atoms with Crippen molar-refractivity contribution in [2.75, 3.05) is 24.9 Å². The molecule has 2 aliphatic rings. The van der Waals surface area contributed by atoms with Crippen LogP contribution in [0.1, 0.15) is 85.2 Å². The Hall–Kier alpha value is -6.92. The molecule has 2 aliphatic carbocycles. The molecule has 0 unspecified atom stereocenters. The zero-order valence-corrected chi connectivity index (χ0v) is 34.8. The van der Waals surface area contributed by atoms with E-state index in [9.17, 15) is 19.8 Å². The van der Waals surface area contributed by atoms with Gasteiger partial charge in [0.15, 0.2) is 22.9 Å². The lowest BCUT2D eigenvalue weighted by Gasteiger charge is -2.33. The Morgan fingerprint density at radius 2 is 1.10 bits per heavy atom. The Kier molecular flexibility index (Phi) is 11.0. The molecule has 6 atom stereocenters. The fourth-order valence-electron chi connectivity index (χ4n) is 8.76. The predicted octanol–water partition coefficient (Wildman–Crippen LogP) is 6.12. The zero-order valence-electron chi connectivity index (χ0n) is 34.8. The van der Waals surface area contributed by atoms with Crippen LogP contribution in [0.3, 0.4) is 0 Å². The third-order valence-electron chi connectivity index (χ3n) is 12.3. The van der Waals surface area contributed by atoms with E-state index in [1.54, 1.807) is 70.2 Å². The van der Waals surface area contributed by atoms with Crippen molar-refractivity contribution in [3.05, 3.63) is 96.8 Å². The number of fused-ring (bicyclic) bond motifs is 4. The second kappa shape index (κ2) is 16.9. The summed E-state index contributed by atoms with van der Waals surface area (Å²) in [7, 11) is 3.06. The van der Waals surface area contributed by atoms with Gasteiger partial charge in [-0.05, 0) is 74.9 Å². The minimum atomic E-state index is -0.319. The summed E-state index contributed by atoms with van der Waals surface area (Å²) in [5.41, 5.74) is 3.58. The maximum absolute atomic E-state index is 13.1. The maximum Gasteiger partial charge on any atom is 0.260 e. The number of ether oxygens (including phenoxy) is 2. The van der Waals surface area contributed by atoms with Crippen LogP contribution in [0.15, 0.2) is 85.7 Å². The second-order valence-corrected chi connectivity index (χ2v) is 16.1. The van der Waals surface area contributed by atoms with Gasteiger partial charge in [0.1, 0.15) is 11.5 Å². The highest BCUT2D eigenvalue weighted by Gasteiger charge is 2.32. The number of carbonyl (C=O) groups excluding carboxylic acids is 2. The molecule has 6 aromatic heterocycles. The van der Waals surface area contributed by atoms with E-state index >= 15 is 0 Å². The molecular weight excluding hydrogens is 793 g/mol. The number of aliphatic hydroxyl groups is 2. The molecule has 4 N–H and O–H groups in total. The van der Waals surface area contributed by atoms with Crippen LogP contribution in [0.5, 0.6) is 11.5 Å². The first-order chi connectivity index (χ1) is 30.1. The van der Waals surface area contributed by atoms with Crippen molar-refractivity contribution in [1.29, 1.82) is 0 Å². The minimum Gasteiger partial charge on any atom is -0.496 e. The Labute approximate surface area is 355 Å². The van der Waals surface area contributed by atoms with Gasteiger partial charge in [0.2, 0.25) is 0 Å². The normalized spacial score (nSPS) is 21.5. The molecule has 320 valence electrons. The zero-order chi connectivity index (χ0) is 43.1. The molecule has 0 bridgehead atoms. The molecule has 18 heteroatoms. The summed E-state index contributed by atoms with van der Waals surface area (Å²) in [5, 5.41) is 45.8. The Morgan fingerprint density at radius 1 is 0.661 bits per heavy atom. The van der Waals surface area contributed by atoms with Gasteiger partial charge in [-0.2, -0.15) is 29.4 Å². The van der Waals surface area contributed by atoms with Crippen LogP contribution in [0.4, 0.5) is 11.6 Å². The second-order valence-electron chi connectivity index (χ2n) is 16.1. The third-order valence-corrected chi connectivity index (χ3v) is 12.3. The number of imidazole rings is 2. The van der Waals surface area contributed by atoms with E-state index < -0.39 is 0 Å². The van der Waals surface area contributed by atoms with Crippen molar-refractivity contribution in [2.24, 2.45) is 11.8 Å². The van der Waals surface area contributed by atoms with Crippen molar-refractivity contribution < 1.29 is 29.3 Å². The third kappa shape index (κ3) is 7.66. The van der Waals surface area contributed by atoms with Gasteiger partial charge in [0.25, 0.3) is 11.8 Å². The summed E-state index contributed by atoms with van der Waals surface area (Å²) < 4.78 is 18.0. The highest BCUT2D eigenvalue weighted by Crippen LogP contribution is 2.37. The van der Waals surface area contributed by atoms with Crippen molar-refractivity contribution in [2.45, 2.75) is 76.7 Å². The molecule has 2 aromatic carbocycles. The van der Waals surface area contributed by atoms with Crippen molar-refractivity contribution in [1.82, 2.24) is 48.8 Å². The van der Waals surface area contributed by atoms with Crippen molar-refractivity contribution in [3.63, 3.8) is 0 Å². The number of hydrogen-bond acceptors (Lipinski definition) is 12. The van der Waals surface area contributed by atoms with Crippen LogP contribution < -0.4 is 20.1 Å². The topological polar surface area (TPSA) is 213 Å². The number of nitrogens with one attached hydrogen (secondary N) is 2. The highest BCUT2D eigenvalue weighted by molar-refractivity contribution is 6.09. The van der Waals surface area contributed by atoms with Crippen LogP contribution in [-0.2, 0) is 0 Å². The van der Waals surface area contributed by atoms with Gasteiger partial charge < -0.3 is 30.3 Å². The van der Waals surface area contributed by atoms with Gasteiger partial charge in [0.05, 0.1) is 73.1 Å². The summed E-state index contributed by atoms with van der Waals surface area (Å²) in [6.07, 6.45) is 15.2. The van der Waals surface area contributed by atoms with E-state index in [0.717, 1.165) is 60.3 Å². The number of rotatable bonds is 8. The first-order valence-corrected chi connectivity index (χ1v) is 20.8. The van der Waals surface area contributed by atoms with Gasteiger partial charge in [0, 0.05) is 59.5 Å². The van der Waals surface area contributed by atoms with Crippen LogP contribution >= 0.6 is 0 Å². The number of amides is 2. The molecule has 6 heterocycles. The molecule has 18 nitrogen and oxygen atoms in total. The molecule has 2 saturated carbocycles. The average molecular weight is 841 g/mol. The molecule has 0 radical (unpaired) electrons. The smallest absolute Gasteiger partial charge is 0.260 e. The minimum absolute atomic E-state index is 0.121. The van der Waals surface area contributed by atoms with E-state index in [0.29, 0.717) is 45.6 Å². The molecule has 2 fully saturated rings. The monoisotopic (exact) mass is 840 g/mol. The van der Waals surface area contributed by atoms with Gasteiger partial charge >= 0.3 is 0 Å². The van der Waals surface area contributed by atoms with Gasteiger partial charge in [-0.3, -0.25) is 19.0 Å². The fourth-order valence-corrected chi connectivity index (χ4v) is 8.76. The summed E-state index contributed by atoms with van der Waals surface area (Å²) in [6.45, 7) is 4.12. The molecule has 2 amide bonds. The Balaban J connectivity index is 0.000000158. The lowest BCUT2D eigenvalue weighted by Crippen LogP contribution is -2.32. The van der Waals surface area contributed by atoms with Gasteiger partial charge in [-0.1, -0.05) is 13.8 Å². The summed E-state index contributed by atoms with van der Waals surface area (Å²) >= 11 is 0. The molecule has 62 heavy (non-hydrogen) atoms. The number of hydrogen-bond donors (Lipinski definition) is 4. The number of carbonyl (C=O) groups is 2. The van der Waals surface area contributed by atoms with E-state index in [1.807, 2.05) is 33.9 Å². The van der Waals surface area contributed by atoms with E-state index in [4.69, 9.17) is 19.7 Å². The van der Waals surface area contributed by atoms with E-state index in [2.05, 4.69) is 44.6 Å². The average Bonchev–Trinajstić information content (AvgIpc) is 4.10. The number of aliphatic hydroxyl groups excluding tert-OH is 2. The number of methoxy groups -OCH3 is 2. The molecule has 8 aromatic rings. The standard InChI is InChI=1S/2C22H24N6O3/c2*1-13-17(5-3-6-18(13)29)27-12-14-9-15(19(31-2)10-16(14)26-27)22(30)25-21-11-23-20-7-4-8-24-28(20)21/h2*4,7-13,17-18,29H,3,5-6H2,1-2H3,(H,25,30)/t2*13-,17-,18+/m00/s1. The van der Waals surface area contributed by atoms with Crippen LogP contribution in [-0.4, -0.2) is 97.2 Å². The van der Waals surface area contributed by atoms with Gasteiger partial charge in [-0.25, -0.2) is 9.97 Å². The summed E-state index contributed by atoms with van der Waals surface area (Å²) in [5.74, 6) is 1.43.